The predicted octanol–water partition coefficient (Wildman–Crippen LogP) is 0.221. The minimum absolute atomic E-state index is 0.698. The van der Waals surface area contributed by atoms with Crippen LogP contribution in [0.15, 0.2) is 12.4 Å². The molecule has 0 atom stereocenters. The van der Waals surface area contributed by atoms with Crippen molar-refractivity contribution >= 4 is 5.95 Å². The smallest absolute Gasteiger partial charge is 0.225 e. The molecule has 2 aliphatic heterocycles. The maximum Gasteiger partial charge on any atom is 0.225 e. The highest BCUT2D eigenvalue weighted by molar-refractivity contribution is 5.35. The van der Waals surface area contributed by atoms with Crippen LogP contribution in [0.1, 0.15) is 5.56 Å². The lowest BCUT2D eigenvalue weighted by molar-refractivity contribution is 0.0957. The molecule has 1 aromatic rings. The monoisotopic (exact) mass is 247 g/mol. The molecule has 2 saturated heterocycles. The second kappa shape index (κ2) is 4.82. The number of hydrogen-bond acceptors (Lipinski definition) is 5. The summed E-state index contributed by atoms with van der Waals surface area (Å²) in [5.41, 5.74) is 1.12. The van der Waals surface area contributed by atoms with Gasteiger partial charge in [0.05, 0.1) is 0 Å². The first-order chi connectivity index (χ1) is 8.72. The molecule has 0 spiro atoms. The van der Waals surface area contributed by atoms with Gasteiger partial charge < -0.3 is 9.80 Å². The van der Waals surface area contributed by atoms with Crippen LogP contribution >= 0.6 is 0 Å². The average molecular weight is 247 g/mol. The van der Waals surface area contributed by atoms with Gasteiger partial charge in [-0.2, -0.15) is 0 Å². The molecule has 0 aromatic carbocycles. The first kappa shape index (κ1) is 11.9. The third-order valence-electron chi connectivity index (χ3n) is 3.97. The average Bonchev–Trinajstić information content (AvgIpc) is 2.32. The van der Waals surface area contributed by atoms with Crippen LogP contribution in [0.2, 0.25) is 0 Å². The normalized spacial score (nSPS) is 23.1. The Morgan fingerprint density at radius 2 is 1.67 bits per heavy atom. The van der Waals surface area contributed by atoms with Crippen molar-refractivity contribution in [2.75, 3.05) is 51.2 Å². The maximum atomic E-state index is 4.38. The van der Waals surface area contributed by atoms with E-state index in [0.717, 1.165) is 24.6 Å². The number of nitrogens with zero attached hydrogens (tertiary/aromatic N) is 5. The molecule has 0 saturated carbocycles. The molecule has 0 radical (unpaired) electrons. The second-order valence-corrected chi connectivity index (χ2v) is 5.46. The largest absolute Gasteiger partial charge is 0.338 e. The van der Waals surface area contributed by atoms with Crippen molar-refractivity contribution < 1.29 is 0 Å². The highest BCUT2D eigenvalue weighted by atomic mass is 15.4. The lowest BCUT2D eigenvalue weighted by Gasteiger charge is -2.47. The van der Waals surface area contributed by atoms with Crippen LogP contribution in [-0.2, 0) is 0 Å². The number of aryl methyl sites for hydroxylation is 1. The lowest BCUT2D eigenvalue weighted by Crippen LogP contribution is -2.63. The summed E-state index contributed by atoms with van der Waals surface area (Å²) in [6.45, 7) is 8.95. The van der Waals surface area contributed by atoms with E-state index in [1.165, 1.54) is 26.2 Å². The Morgan fingerprint density at radius 1 is 1.06 bits per heavy atom. The zero-order chi connectivity index (χ0) is 12.5. The first-order valence-electron chi connectivity index (χ1n) is 6.68. The Bertz CT molecular complexity index is 390. The Labute approximate surface area is 108 Å². The summed E-state index contributed by atoms with van der Waals surface area (Å²) in [7, 11) is 2.20. The zero-order valence-electron chi connectivity index (χ0n) is 11.2. The lowest BCUT2D eigenvalue weighted by atomic mass is 10.1. The molecule has 0 amide bonds. The summed E-state index contributed by atoms with van der Waals surface area (Å²) in [6, 6.07) is 0.698. The number of piperazine rings is 1. The predicted molar refractivity (Wildman–Crippen MR) is 71.8 cm³/mol. The van der Waals surface area contributed by atoms with E-state index in [1.807, 2.05) is 19.3 Å². The molecule has 3 heterocycles. The van der Waals surface area contributed by atoms with Gasteiger partial charge in [0.15, 0.2) is 0 Å². The topological polar surface area (TPSA) is 35.5 Å². The first-order valence-corrected chi connectivity index (χ1v) is 6.68. The van der Waals surface area contributed by atoms with Crippen molar-refractivity contribution in [3.05, 3.63) is 18.0 Å². The number of rotatable bonds is 2. The van der Waals surface area contributed by atoms with E-state index in [1.54, 1.807) is 0 Å². The molecular weight excluding hydrogens is 226 g/mol. The van der Waals surface area contributed by atoms with Gasteiger partial charge in [0.1, 0.15) is 0 Å². The van der Waals surface area contributed by atoms with Crippen LogP contribution in [0, 0.1) is 6.92 Å². The standard InChI is InChI=1S/C13H21N5/c1-11-7-14-13(15-8-11)18-9-12(10-18)17-5-3-16(2)4-6-17/h7-8,12H,3-6,9-10H2,1-2H3. The summed E-state index contributed by atoms with van der Waals surface area (Å²) in [5, 5.41) is 0. The molecule has 1 aromatic heterocycles. The van der Waals surface area contributed by atoms with Gasteiger partial charge >= 0.3 is 0 Å². The molecule has 0 bridgehead atoms. The SMILES string of the molecule is Cc1cnc(N2CC(N3CCN(C)CC3)C2)nc1. The fourth-order valence-electron chi connectivity index (χ4n) is 2.59. The number of anilines is 1. The maximum absolute atomic E-state index is 4.38. The summed E-state index contributed by atoms with van der Waals surface area (Å²) < 4.78 is 0. The van der Waals surface area contributed by atoms with E-state index in [4.69, 9.17) is 0 Å². The Morgan fingerprint density at radius 3 is 2.28 bits per heavy atom. The van der Waals surface area contributed by atoms with Crippen molar-refractivity contribution in [3.8, 4) is 0 Å². The van der Waals surface area contributed by atoms with E-state index in [2.05, 4.69) is 31.7 Å². The van der Waals surface area contributed by atoms with Gasteiger partial charge in [-0.15, -0.1) is 0 Å². The van der Waals surface area contributed by atoms with Crippen LogP contribution < -0.4 is 4.90 Å². The third-order valence-corrected chi connectivity index (χ3v) is 3.97. The molecule has 3 rings (SSSR count). The van der Waals surface area contributed by atoms with Crippen LogP contribution in [0.5, 0.6) is 0 Å². The van der Waals surface area contributed by atoms with Crippen LogP contribution in [0.3, 0.4) is 0 Å². The van der Waals surface area contributed by atoms with Gasteiger partial charge in [0, 0.05) is 57.7 Å². The van der Waals surface area contributed by atoms with Gasteiger partial charge in [-0.3, -0.25) is 4.90 Å². The Kier molecular flexibility index (Phi) is 3.18. The van der Waals surface area contributed by atoms with E-state index in [-0.39, 0.29) is 0 Å². The Balaban J connectivity index is 1.52. The third kappa shape index (κ3) is 2.33. The van der Waals surface area contributed by atoms with Crippen LogP contribution in [0.4, 0.5) is 5.95 Å². The van der Waals surface area contributed by atoms with Gasteiger partial charge in [0.25, 0.3) is 0 Å². The minimum Gasteiger partial charge on any atom is -0.338 e. The molecule has 98 valence electrons. The summed E-state index contributed by atoms with van der Waals surface area (Å²) in [5.74, 6) is 0.881. The summed E-state index contributed by atoms with van der Waals surface area (Å²) in [6.07, 6.45) is 3.79. The molecular formula is C13H21N5. The molecule has 5 heteroatoms. The fourth-order valence-corrected chi connectivity index (χ4v) is 2.59. The van der Waals surface area contributed by atoms with Crippen molar-refractivity contribution in [1.82, 2.24) is 19.8 Å². The highest BCUT2D eigenvalue weighted by Gasteiger charge is 2.34. The highest BCUT2D eigenvalue weighted by Crippen LogP contribution is 2.20. The molecule has 0 unspecified atom stereocenters. The quantitative estimate of drug-likeness (QED) is 0.747. The molecule has 5 nitrogen and oxygen atoms in total. The molecule has 18 heavy (non-hydrogen) atoms. The second-order valence-electron chi connectivity index (χ2n) is 5.46. The van der Waals surface area contributed by atoms with E-state index in [9.17, 15) is 0 Å². The van der Waals surface area contributed by atoms with E-state index in [0.29, 0.717) is 6.04 Å². The summed E-state index contributed by atoms with van der Waals surface area (Å²) in [4.78, 5) is 16.0. The van der Waals surface area contributed by atoms with Gasteiger partial charge in [-0.05, 0) is 19.5 Å². The van der Waals surface area contributed by atoms with Gasteiger partial charge in [-0.1, -0.05) is 0 Å². The summed E-state index contributed by atoms with van der Waals surface area (Å²) >= 11 is 0. The fraction of sp³-hybridized carbons (Fsp3) is 0.692. The Hall–Kier alpha value is -1.20. The zero-order valence-corrected chi connectivity index (χ0v) is 11.2. The molecule has 2 aliphatic rings. The van der Waals surface area contributed by atoms with Crippen molar-refractivity contribution in [2.45, 2.75) is 13.0 Å². The van der Waals surface area contributed by atoms with Crippen molar-refractivity contribution in [3.63, 3.8) is 0 Å². The molecule has 2 fully saturated rings. The molecule has 0 aliphatic carbocycles. The minimum atomic E-state index is 0.698. The number of hydrogen-bond donors (Lipinski definition) is 0. The van der Waals surface area contributed by atoms with Crippen LogP contribution in [-0.4, -0.2) is 72.1 Å². The number of likely N-dealkylation sites (N-methyl/N-ethyl adjacent to an activating group) is 1. The van der Waals surface area contributed by atoms with E-state index < -0.39 is 0 Å². The van der Waals surface area contributed by atoms with Crippen LogP contribution in [0.25, 0.3) is 0 Å². The van der Waals surface area contributed by atoms with Crippen molar-refractivity contribution in [1.29, 1.82) is 0 Å². The van der Waals surface area contributed by atoms with E-state index >= 15 is 0 Å². The van der Waals surface area contributed by atoms with Gasteiger partial charge in [-0.25, -0.2) is 9.97 Å². The molecule has 0 N–H and O–H groups in total. The number of aromatic nitrogens is 2. The van der Waals surface area contributed by atoms with Crippen molar-refractivity contribution in [2.24, 2.45) is 0 Å². The van der Waals surface area contributed by atoms with Gasteiger partial charge in [0.2, 0.25) is 5.95 Å².